The Hall–Kier alpha value is -1.51. The first-order chi connectivity index (χ1) is 11.9. The van der Waals surface area contributed by atoms with Gasteiger partial charge < -0.3 is 9.64 Å². The fourth-order valence-corrected chi connectivity index (χ4v) is 4.64. The number of likely N-dealkylation sites (tertiary alicyclic amines) is 1. The first-order valence-electron chi connectivity index (χ1n) is 8.72. The van der Waals surface area contributed by atoms with Gasteiger partial charge in [-0.2, -0.15) is 4.31 Å². The molecule has 0 N–H and O–H groups in total. The monoisotopic (exact) mass is 367 g/mol. The largest absolute Gasteiger partial charge is 0.372 e. The topological polar surface area (TPSA) is 79.8 Å². The van der Waals surface area contributed by atoms with Crippen molar-refractivity contribution in [1.82, 2.24) is 14.2 Å². The van der Waals surface area contributed by atoms with E-state index in [1.807, 2.05) is 18.2 Å². The highest BCUT2D eigenvalue weighted by Crippen LogP contribution is 2.24. The first kappa shape index (κ1) is 18.3. The van der Waals surface area contributed by atoms with Crippen LogP contribution >= 0.6 is 0 Å². The van der Waals surface area contributed by atoms with Crippen LogP contribution in [0.5, 0.6) is 0 Å². The fourth-order valence-electron chi connectivity index (χ4n) is 3.52. The van der Waals surface area contributed by atoms with E-state index in [0.717, 1.165) is 25.0 Å². The maximum atomic E-state index is 12.7. The fraction of sp³-hybridized carbons (Fsp3) is 0.647. The summed E-state index contributed by atoms with van der Waals surface area (Å²) in [5, 5.41) is 0. The van der Waals surface area contributed by atoms with Gasteiger partial charge in [-0.3, -0.25) is 9.78 Å². The van der Waals surface area contributed by atoms with Crippen LogP contribution in [0.15, 0.2) is 24.4 Å². The number of piperidine rings is 1. The zero-order chi connectivity index (χ0) is 17.9. The Morgan fingerprint density at radius 2 is 2.00 bits per heavy atom. The summed E-state index contributed by atoms with van der Waals surface area (Å²) in [4.78, 5) is 18.7. The molecule has 8 heteroatoms. The normalized spacial score (nSPS) is 23.1. The van der Waals surface area contributed by atoms with E-state index >= 15 is 0 Å². The minimum Gasteiger partial charge on any atom is -0.372 e. The molecule has 2 fully saturated rings. The first-order valence-corrected chi connectivity index (χ1v) is 10.6. The van der Waals surface area contributed by atoms with Crippen molar-refractivity contribution in [2.75, 3.05) is 25.9 Å². The van der Waals surface area contributed by atoms with Gasteiger partial charge in [0.15, 0.2) is 0 Å². The van der Waals surface area contributed by atoms with E-state index in [4.69, 9.17) is 4.74 Å². The van der Waals surface area contributed by atoms with Gasteiger partial charge in [0.1, 0.15) is 6.04 Å². The summed E-state index contributed by atoms with van der Waals surface area (Å²) < 4.78 is 30.9. The predicted octanol–water partition coefficient (Wildman–Crippen LogP) is 1.01. The quantitative estimate of drug-likeness (QED) is 0.776. The molecule has 3 rings (SSSR count). The lowest BCUT2D eigenvalue weighted by Gasteiger charge is -2.34. The van der Waals surface area contributed by atoms with Crippen molar-refractivity contribution in [3.05, 3.63) is 30.1 Å². The maximum absolute atomic E-state index is 12.7. The van der Waals surface area contributed by atoms with E-state index in [2.05, 4.69) is 4.98 Å². The molecule has 1 amide bonds. The number of carbonyl (C=O) groups excluding carboxylic acids is 1. The second-order valence-corrected chi connectivity index (χ2v) is 8.62. The molecule has 1 atom stereocenters. The number of carbonyl (C=O) groups is 1. The number of rotatable bonds is 5. The Balaban J connectivity index is 1.49. The third-order valence-corrected chi connectivity index (χ3v) is 6.15. The molecule has 3 heterocycles. The molecule has 0 aromatic carbocycles. The molecule has 0 saturated carbocycles. The van der Waals surface area contributed by atoms with Gasteiger partial charge >= 0.3 is 0 Å². The molecule has 2 saturated heterocycles. The molecular weight excluding hydrogens is 342 g/mol. The highest BCUT2D eigenvalue weighted by Gasteiger charge is 2.39. The van der Waals surface area contributed by atoms with Crippen LogP contribution in [-0.2, 0) is 26.2 Å². The highest BCUT2D eigenvalue weighted by atomic mass is 32.2. The third-order valence-electron chi connectivity index (χ3n) is 4.86. The summed E-state index contributed by atoms with van der Waals surface area (Å²) in [6.07, 6.45) is 5.93. The van der Waals surface area contributed by atoms with Crippen molar-refractivity contribution in [1.29, 1.82) is 0 Å². The summed E-state index contributed by atoms with van der Waals surface area (Å²) in [5.41, 5.74) is 0.899. The number of hydrogen-bond acceptors (Lipinski definition) is 5. The summed E-state index contributed by atoms with van der Waals surface area (Å²) in [7, 11) is -3.33. The maximum Gasteiger partial charge on any atom is 0.241 e. The van der Waals surface area contributed by atoms with Gasteiger partial charge in [-0.1, -0.05) is 6.07 Å². The molecule has 0 radical (unpaired) electrons. The Labute approximate surface area is 149 Å². The second-order valence-electron chi connectivity index (χ2n) is 6.69. The van der Waals surface area contributed by atoms with Crippen LogP contribution in [0.25, 0.3) is 0 Å². The SMILES string of the molecule is CS(=O)(=O)N1CCC[C@H]1C(=O)N1CCC(OCc2ccccn2)CC1. The number of hydrogen-bond donors (Lipinski definition) is 0. The summed E-state index contributed by atoms with van der Waals surface area (Å²) in [5.74, 6) is -0.0638. The zero-order valence-corrected chi connectivity index (χ0v) is 15.3. The molecule has 1 aromatic heterocycles. The number of pyridine rings is 1. The second kappa shape index (κ2) is 7.80. The highest BCUT2D eigenvalue weighted by molar-refractivity contribution is 7.88. The lowest BCUT2D eigenvalue weighted by Crippen LogP contribution is -2.50. The Bertz CT molecular complexity index is 687. The van der Waals surface area contributed by atoms with Crippen molar-refractivity contribution in [2.24, 2.45) is 0 Å². The average Bonchev–Trinajstić information content (AvgIpc) is 3.11. The van der Waals surface area contributed by atoms with Gasteiger partial charge in [-0.15, -0.1) is 0 Å². The van der Waals surface area contributed by atoms with Crippen LogP contribution in [0.1, 0.15) is 31.4 Å². The number of nitrogens with zero attached hydrogens (tertiary/aromatic N) is 3. The number of amides is 1. The molecule has 7 nitrogen and oxygen atoms in total. The van der Waals surface area contributed by atoms with Crippen LogP contribution < -0.4 is 0 Å². The number of ether oxygens (including phenoxy) is 1. The molecule has 0 spiro atoms. The molecule has 0 aliphatic carbocycles. The van der Waals surface area contributed by atoms with Gasteiger partial charge in [0.05, 0.1) is 24.7 Å². The van der Waals surface area contributed by atoms with Crippen LogP contribution in [0.4, 0.5) is 0 Å². The summed E-state index contributed by atoms with van der Waals surface area (Å²) in [6.45, 7) is 2.14. The lowest BCUT2D eigenvalue weighted by molar-refractivity contribution is -0.137. The van der Waals surface area contributed by atoms with E-state index in [-0.39, 0.29) is 12.0 Å². The minimum absolute atomic E-state index is 0.0638. The summed E-state index contributed by atoms with van der Waals surface area (Å²) in [6, 6.07) is 5.21. The van der Waals surface area contributed by atoms with Gasteiger partial charge in [0.25, 0.3) is 0 Å². The van der Waals surface area contributed by atoms with Crippen molar-refractivity contribution in [3.8, 4) is 0 Å². The molecular formula is C17H25N3O4S. The standard InChI is InChI=1S/C17H25N3O4S/c1-25(22,23)20-10-4-6-16(20)17(21)19-11-7-15(8-12-19)24-13-14-5-2-3-9-18-14/h2-3,5,9,15-16H,4,6-8,10-13H2,1H3/t16-/m0/s1. The molecule has 2 aliphatic heterocycles. The number of sulfonamides is 1. The molecule has 0 unspecified atom stereocenters. The van der Waals surface area contributed by atoms with Gasteiger partial charge in [-0.25, -0.2) is 8.42 Å². The van der Waals surface area contributed by atoms with E-state index < -0.39 is 16.1 Å². The van der Waals surface area contributed by atoms with Crippen molar-refractivity contribution < 1.29 is 17.9 Å². The molecule has 138 valence electrons. The molecule has 0 bridgehead atoms. The van der Waals surface area contributed by atoms with E-state index in [1.165, 1.54) is 10.6 Å². The van der Waals surface area contributed by atoms with Gasteiger partial charge in [0.2, 0.25) is 15.9 Å². The smallest absolute Gasteiger partial charge is 0.241 e. The lowest BCUT2D eigenvalue weighted by atomic mass is 10.1. The number of aromatic nitrogens is 1. The summed E-state index contributed by atoms with van der Waals surface area (Å²) >= 11 is 0. The van der Waals surface area contributed by atoms with Crippen molar-refractivity contribution in [3.63, 3.8) is 0 Å². The van der Waals surface area contributed by atoms with Gasteiger partial charge in [0, 0.05) is 25.8 Å². The van der Waals surface area contributed by atoms with Gasteiger partial charge in [-0.05, 0) is 37.8 Å². The third kappa shape index (κ3) is 4.56. The van der Waals surface area contributed by atoms with E-state index in [9.17, 15) is 13.2 Å². The van der Waals surface area contributed by atoms with Crippen molar-refractivity contribution in [2.45, 2.75) is 44.4 Å². The van der Waals surface area contributed by atoms with Crippen LogP contribution in [-0.4, -0.2) is 66.5 Å². The van der Waals surface area contributed by atoms with Crippen LogP contribution in [0.3, 0.4) is 0 Å². The van der Waals surface area contributed by atoms with Crippen LogP contribution in [0, 0.1) is 0 Å². The molecule has 2 aliphatic rings. The Morgan fingerprint density at radius 1 is 1.24 bits per heavy atom. The van der Waals surface area contributed by atoms with Crippen molar-refractivity contribution >= 4 is 15.9 Å². The Kier molecular flexibility index (Phi) is 5.71. The van der Waals surface area contributed by atoms with E-state index in [1.54, 1.807) is 11.1 Å². The molecule has 1 aromatic rings. The van der Waals surface area contributed by atoms with Crippen LogP contribution in [0.2, 0.25) is 0 Å². The predicted molar refractivity (Wildman–Crippen MR) is 93.2 cm³/mol. The average molecular weight is 367 g/mol. The molecule has 25 heavy (non-hydrogen) atoms. The zero-order valence-electron chi connectivity index (χ0n) is 14.5. The minimum atomic E-state index is -3.33. The van der Waals surface area contributed by atoms with E-state index in [0.29, 0.717) is 32.7 Å². The Morgan fingerprint density at radius 3 is 2.64 bits per heavy atom.